The third-order valence-corrected chi connectivity index (χ3v) is 6.92. The molecule has 2 fully saturated rings. The van der Waals surface area contributed by atoms with Crippen LogP contribution in [0.25, 0.3) is 0 Å². The van der Waals surface area contributed by atoms with E-state index in [1.54, 1.807) is 37.2 Å². The Kier molecular flexibility index (Phi) is 5.74. The van der Waals surface area contributed by atoms with Gasteiger partial charge in [0.2, 0.25) is 0 Å². The normalized spacial score (nSPS) is 28.1. The minimum atomic E-state index is -0.793. The molecule has 2 N–H and O–H groups in total. The number of aliphatic imine (C=N–C) groups is 1. The van der Waals surface area contributed by atoms with Crippen molar-refractivity contribution in [1.82, 2.24) is 20.0 Å². The molecule has 2 heterocycles. The monoisotopic (exact) mass is 467 g/mol. The topological polar surface area (TPSA) is 106 Å². The summed E-state index contributed by atoms with van der Waals surface area (Å²) < 4.78 is 0. The molecule has 1 saturated heterocycles. The minimum absolute atomic E-state index is 0.0362. The maximum atomic E-state index is 13.3. The molecule has 0 bridgehead atoms. The first-order chi connectivity index (χ1) is 14.7. The minimum Gasteiger partial charge on any atom is -0.481 e. The van der Waals surface area contributed by atoms with E-state index in [1.165, 1.54) is 9.80 Å². The number of rotatable bonds is 4. The number of carboxylic acid groups (broad SMARTS) is 1. The van der Waals surface area contributed by atoms with E-state index in [-0.39, 0.29) is 24.4 Å². The second-order valence-electron chi connectivity index (χ2n) is 8.18. The van der Waals surface area contributed by atoms with Gasteiger partial charge in [-0.2, -0.15) is 0 Å². The zero-order valence-corrected chi connectivity index (χ0v) is 18.6. The van der Waals surface area contributed by atoms with Gasteiger partial charge in [0, 0.05) is 20.1 Å². The van der Waals surface area contributed by atoms with Gasteiger partial charge in [-0.05, 0) is 37.0 Å². The number of imide groups is 1. The lowest BCUT2D eigenvalue weighted by Gasteiger charge is -2.40. The molecule has 2 aliphatic heterocycles. The van der Waals surface area contributed by atoms with Gasteiger partial charge in [0.25, 0.3) is 5.91 Å². The van der Waals surface area contributed by atoms with Crippen molar-refractivity contribution in [2.75, 3.05) is 14.1 Å². The van der Waals surface area contributed by atoms with Crippen LogP contribution >= 0.6 is 23.2 Å². The number of fused-ring (bicyclic) bond motifs is 1. The van der Waals surface area contributed by atoms with Crippen molar-refractivity contribution in [3.8, 4) is 0 Å². The maximum Gasteiger partial charge on any atom is 0.328 e. The molecule has 9 nitrogen and oxygen atoms in total. The number of aliphatic carboxylic acids is 1. The van der Waals surface area contributed by atoms with E-state index in [9.17, 15) is 19.5 Å². The first-order valence-electron chi connectivity index (χ1n) is 9.99. The van der Waals surface area contributed by atoms with Crippen LogP contribution in [0, 0.1) is 5.92 Å². The Bertz CT molecular complexity index is 971. The van der Waals surface area contributed by atoms with Crippen LogP contribution in [0.1, 0.15) is 24.8 Å². The number of carboxylic acids is 1. The van der Waals surface area contributed by atoms with Gasteiger partial charge in [-0.25, -0.2) is 9.79 Å². The molecule has 4 rings (SSSR count). The van der Waals surface area contributed by atoms with Crippen LogP contribution in [0.2, 0.25) is 10.0 Å². The smallest absolute Gasteiger partial charge is 0.328 e. The molecule has 0 spiro atoms. The highest BCUT2D eigenvalue weighted by atomic mass is 35.5. The Morgan fingerprint density at radius 3 is 2.58 bits per heavy atom. The van der Waals surface area contributed by atoms with Gasteiger partial charge in [0.1, 0.15) is 0 Å². The van der Waals surface area contributed by atoms with E-state index >= 15 is 0 Å². The summed E-state index contributed by atoms with van der Waals surface area (Å²) in [5.74, 6) is -1.02. The first-order valence-corrected chi connectivity index (χ1v) is 10.7. The number of amides is 3. The van der Waals surface area contributed by atoms with E-state index in [0.717, 1.165) is 0 Å². The third-order valence-electron chi connectivity index (χ3n) is 6.18. The number of urea groups is 1. The van der Waals surface area contributed by atoms with E-state index in [4.69, 9.17) is 23.2 Å². The highest BCUT2D eigenvalue weighted by Gasteiger charge is 2.51. The molecule has 11 heteroatoms. The summed E-state index contributed by atoms with van der Waals surface area (Å²) in [7, 11) is 3.36. The van der Waals surface area contributed by atoms with Gasteiger partial charge < -0.3 is 20.2 Å². The van der Waals surface area contributed by atoms with Crippen LogP contribution < -0.4 is 5.32 Å². The second kappa shape index (κ2) is 8.20. The zero-order chi connectivity index (χ0) is 22.4. The number of carbonyl (C=O) groups is 3. The fraction of sp³-hybridized carbons (Fsp3) is 0.500. The Morgan fingerprint density at radius 1 is 1.19 bits per heavy atom. The lowest BCUT2D eigenvalue weighted by atomic mass is 10.1. The lowest BCUT2D eigenvalue weighted by molar-refractivity contribution is -0.141. The largest absolute Gasteiger partial charge is 0.481 e. The molecule has 1 saturated carbocycles. The van der Waals surface area contributed by atoms with Crippen molar-refractivity contribution in [2.24, 2.45) is 10.9 Å². The van der Waals surface area contributed by atoms with Gasteiger partial charge in [-0.1, -0.05) is 29.3 Å². The van der Waals surface area contributed by atoms with Crippen molar-refractivity contribution in [3.05, 3.63) is 33.8 Å². The number of likely N-dealkylation sites (N-methyl/N-ethyl adjacent to an activating group) is 2. The molecule has 1 aliphatic carbocycles. The SMILES string of the molecule is CN1C(=O)N(Cc2ccc(Cl)c(Cl)c2)C(=O)C2C1N=C(N[C@H]1CC[C@@H](C(=O)O)C1)N2C. The molecule has 0 aromatic heterocycles. The molecule has 1 aromatic carbocycles. The van der Waals surface area contributed by atoms with Crippen molar-refractivity contribution < 1.29 is 19.5 Å². The number of halogens is 2. The summed E-state index contributed by atoms with van der Waals surface area (Å²) in [5, 5.41) is 13.2. The summed E-state index contributed by atoms with van der Waals surface area (Å²) in [4.78, 5) is 46.3. The summed E-state index contributed by atoms with van der Waals surface area (Å²) in [6.45, 7) is 0.0711. The van der Waals surface area contributed by atoms with Crippen molar-refractivity contribution in [3.63, 3.8) is 0 Å². The number of hydrogen-bond donors (Lipinski definition) is 2. The van der Waals surface area contributed by atoms with Gasteiger partial charge >= 0.3 is 12.0 Å². The quantitative estimate of drug-likeness (QED) is 0.702. The Balaban J connectivity index is 1.50. The Labute approximate surface area is 189 Å². The van der Waals surface area contributed by atoms with Gasteiger partial charge in [0.15, 0.2) is 18.2 Å². The van der Waals surface area contributed by atoms with E-state index in [0.29, 0.717) is 40.8 Å². The van der Waals surface area contributed by atoms with Crippen LogP contribution in [-0.4, -0.2) is 76.0 Å². The standard InChI is InChI=1S/C20H23Cl2N5O4/c1-25-15-16(24-19(25)23-12-5-4-11(8-12)18(29)30)26(2)20(31)27(17(15)28)9-10-3-6-13(21)14(22)7-10/h3,6-7,11-12,15-16H,4-5,8-9H2,1-2H3,(H,23,24)(H,29,30)/t11-,12+,15?,16?/m1/s1. The van der Waals surface area contributed by atoms with Gasteiger partial charge in [-0.15, -0.1) is 0 Å². The molecule has 4 atom stereocenters. The number of nitrogens with zero attached hydrogens (tertiary/aromatic N) is 4. The Morgan fingerprint density at radius 2 is 1.94 bits per heavy atom. The molecule has 2 unspecified atom stereocenters. The predicted octanol–water partition coefficient (Wildman–Crippen LogP) is 2.23. The number of carbonyl (C=O) groups excluding carboxylic acids is 2. The van der Waals surface area contributed by atoms with Crippen LogP contribution in [0.5, 0.6) is 0 Å². The average Bonchev–Trinajstić information content (AvgIpc) is 3.32. The highest BCUT2D eigenvalue weighted by Crippen LogP contribution is 2.30. The predicted molar refractivity (Wildman–Crippen MR) is 115 cm³/mol. The number of benzene rings is 1. The molecule has 31 heavy (non-hydrogen) atoms. The third kappa shape index (κ3) is 3.92. The fourth-order valence-electron chi connectivity index (χ4n) is 4.39. The van der Waals surface area contributed by atoms with Crippen molar-refractivity contribution in [1.29, 1.82) is 0 Å². The molecule has 166 valence electrons. The van der Waals surface area contributed by atoms with Crippen LogP contribution in [0.3, 0.4) is 0 Å². The lowest BCUT2D eigenvalue weighted by Crippen LogP contribution is -2.64. The molecule has 1 aromatic rings. The zero-order valence-electron chi connectivity index (χ0n) is 17.1. The molecule has 0 radical (unpaired) electrons. The average molecular weight is 468 g/mol. The van der Waals surface area contributed by atoms with Crippen LogP contribution in [0.15, 0.2) is 23.2 Å². The highest BCUT2D eigenvalue weighted by molar-refractivity contribution is 6.42. The van der Waals surface area contributed by atoms with Crippen molar-refractivity contribution in [2.45, 2.75) is 44.1 Å². The van der Waals surface area contributed by atoms with Gasteiger partial charge in [-0.3, -0.25) is 14.5 Å². The molecular weight excluding hydrogens is 445 g/mol. The number of guanidine groups is 1. The number of nitrogens with one attached hydrogen (secondary N) is 1. The molecule has 3 aliphatic rings. The maximum absolute atomic E-state index is 13.3. The van der Waals surface area contributed by atoms with E-state index < -0.39 is 24.2 Å². The summed E-state index contributed by atoms with van der Waals surface area (Å²) in [6, 6.07) is 3.85. The second-order valence-corrected chi connectivity index (χ2v) is 8.99. The molecular formula is C20H23Cl2N5O4. The van der Waals surface area contributed by atoms with Crippen LogP contribution in [-0.2, 0) is 16.1 Å². The summed E-state index contributed by atoms with van der Waals surface area (Å²) >= 11 is 12.0. The summed E-state index contributed by atoms with van der Waals surface area (Å²) in [5.41, 5.74) is 0.688. The summed E-state index contributed by atoms with van der Waals surface area (Å²) in [6.07, 6.45) is 1.18. The first kappa shape index (κ1) is 21.7. The van der Waals surface area contributed by atoms with Crippen molar-refractivity contribution >= 4 is 47.1 Å². The number of hydrogen-bond acceptors (Lipinski definition) is 6. The van der Waals surface area contributed by atoms with Gasteiger partial charge in [0.05, 0.1) is 22.5 Å². The molecule has 3 amide bonds. The van der Waals surface area contributed by atoms with E-state index in [2.05, 4.69) is 10.3 Å². The Hall–Kier alpha value is -2.52. The fourth-order valence-corrected chi connectivity index (χ4v) is 4.71. The van der Waals surface area contributed by atoms with Crippen LogP contribution in [0.4, 0.5) is 4.79 Å². The van der Waals surface area contributed by atoms with E-state index in [1.807, 2.05) is 0 Å².